The Bertz CT molecular complexity index is 983. The fourth-order valence-corrected chi connectivity index (χ4v) is 3.28. The van der Waals surface area contributed by atoms with Gasteiger partial charge in [0.15, 0.2) is 5.69 Å². The molecular formula is C17H18F3N3O5S. The maximum absolute atomic E-state index is 13.2. The van der Waals surface area contributed by atoms with Crippen LogP contribution in [0.25, 0.3) is 4.85 Å². The lowest BCUT2D eigenvalue weighted by Gasteiger charge is -2.27. The lowest BCUT2D eigenvalue weighted by atomic mass is 10.0. The molecule has 158 valence electrons. The molecule has 1 heterocycles. The highest BCUT2D eigenvalue weighted by Crippen LogP contribution is 2.40. The van der Waals surface area contributed by atoms with E-state index in [1.165, 1.54) is 13.8 Å². The molecule has 0 radical (unpaired) electrons. The zero-order valence-corrected chi connectivity index (χ0v) is 16.6. The number of rotatable bonds is 6. The minimum atomic E-state index is -4.83. The summed E-state index contributed by atoms with van der Waals surface area (Å²) in [6.45, 7) is 9.48. The molecule has 1 aliphatic heterocycles. The molecule has 0 saturated carbocycles. The van der Waals surface area contributed by atoms with Crippen LogP contribution in [0.15, 0.2) is 18.2 Å². The van der Waals surface area contributed by atoms with Gasteiger partial charge in [0.2, 0.25) is 0 Å². The van der Waals surface area contributed by atoms with Gasteiger partial charge in [0.1, 0.15) is 5.54 Å². The van der Waals surface area contributed by atoms with E-state index in [1.54, 1.807) is 0 Å². The Balaban J connectivity index is 2.32. The topological polar surface area (TPSA) is 88.3 Å². The minimum Gasteiger partial charge on any atom is -0.310 e. The summed E-state index contributed by atoms with van der Waals surface area (Å²) in [6, 6.07) is 1.75. The molecule has 0 unspecified atom stereocenters. The van der Waals surface area contributed by atoms with Gasteiger partial charge in [0.25, 0.3) is 16.0 Å². The van der Waals surface area contributed by atoms with Crippen LogP contribution in [0.3, 0.4) is 0 Å². The van der Waals surface area contributed by atoms with Crippen molar-refractivity contribution in [3.63, 3.8) is 0 Å². The first-order valence-corrected chi connectivity index (χ1v) is 10.1. The van der Waals surface area contributed by atoms with Crippen molar-refractivity contribution < 1.29 is 35.4 Å². The van der Waals surface area contributed by atoms with Gasteiger partial charge in [-0.3, -0.25) is 8.98 Å². The van der Waals surface area contributed by atoms with Crippen LogP contribution in [0.2, 0.25) is 0 Å². The average Bonchev–Trinajstić information content (AvgIpc) is 2.75. The number of benzene rings is 1. The molecule has 12 heteroatoms. The molecule has 1 saturated heterocycles. The van der Waals surface area contributed by atoms with Crippen molar-refractivity contribution in [2.75, 3.05) is 24.3 Å². The van der Waals surface area contributed by atoms with Crippen molar-refractivity contribution in [2.45, 2.75) is 32.0 Å². The highest BCUT2D eigenvalue weighted by Gasteiger charge is 2.51. The van der Waals surface area contributed by atoms with E-state index < -0.39 is 45.0 Å². The van der Waals surface area contributed by atoms with Crippen LogP contribution in [0.1, 0.15) is 25.8 Å². The number of carbonyl (C=O) groups is 2. The number of alkyl halides is 3. The van der Waals surface area contributed by atoms with Gasteiger partial charge in [-0.15, -0.1) is 0 Å². The summed E-state index contributed by atoms with van der Waals surface area (Å²) in [5.74, 6) is -0.741. The van der Waals surface area contributed by atoms with Crippen molar-refractivity contribution >= 4 is 33.4 Å². The number of amides is 3. The molecule has 0 N–H and O–H groups in total. The number of hydrogen-bond donors (Lipinski definition) is 0. The zero-order chi connectivity index (χ0) is 22.2. The monoisotopic (exact) mass is 433 g/mol. The number of imide groups is 1. The van der Waals surface area contributed by atoms with Gasteiger partial charge in [-0.1, -0.05) is 6.07 Å². The molecule has 0 bridgehead atoms. The maximum Gasteiger partial charge on any atom is 0.407 e. The van der Waals surface area contributed by atoms with E-state index in [0.717, 1.165) is 23.3 Å². The SMILES string of the molecule is [C-]#[N+]c1ccc(N2C(=O)N(CCCOS(C)(=O)=O)C(C)(C)C2=O)cc1C(F)(F)F. The molecular weight excluding hydrogens is 415 g/mol. The molecule has 1 aromatic carbocycles. The lowest BCUT2D eigenvalue weighted by molar-refractivity contribution is -0.136. The minimum absolute atomic E-state index is 0.0458. The molecule has 0 spiro atoms. The van der Waals surface area contributed by atoms with Gasteiger partial charge in [0.05, 0.1) is 30.7 Å². The smallest absolute Gasteiger partial charge is 0.310 e. The van der Waals surface area contributed by atoms with Gasteiger partial charge < -0.3 is 4.90 Å². The van der Waals surface area contributed by atoms with Crippen molar-refractivity contribution in [1.82, 2.24) is 4.90 Å². The number of nitrogens with zero attached hydrogens (tertiary/aromatic N) is 3. The Morgan fingerprint density at radius 2 is 1.86 bits per heavy atom. The third-order valence-electron chi connectivity index (χ3n) is 4.31. The highest BCUT2D eigenvalue weighted by atomic mass is 32.2. The molecule has 8 nitrogen and oxygen atoms in total. The number of halogens is 3. The van der Waals surface area contributed by atoms with Crippen LogP contribution in [-0.4, -0.2) is 50.2 Å². The summed E-state index contributed by atoms with van der Waals surface area (Å²) < 4.78 is 66.2. The average molecular weight is 433 g/mol. The van der Waals surface area contributed by atoms with Crippen molar-refractivity contribution in [3.05, 3.63) is 35.2 Å². The van der Waals surface area contributed by atoms with Crippen molar-refractivity contribution in [2.24, 2.45) is 0 Å². The van der Waals surface area contributed by atoms with Crippen molar-refractivity contribution in [1.29, 1.82) is 0 Å². The Morgan fingerprint density at radius 3 is 2.38 bits per heavy atom. The van der Waals surface area contributed by atoms with Crippen LogP contribution in [0, 0.1) is 6.57 Å². The van der Waals surface area contributed by atoms with Gasteiger partial charge in [-0.2, -0.15) is 21.6 Å². The molecule has 1 aliphatic rings. The Hall–Kier alpha value is -2.65. The van der Waals surface area contributed by atoms with Crippen molar-refractivity contribution in [3.8, 4) is 0 Å². The second kappa shape index (κ2) is 7.64. The Morgan fingerprint density at radius 1 is 1.24 bits per heavy atom. The van der Waals surface area contributed by atoms with E-state index in [4.69, 9.17) is 6.57 Å². The van der Waals surface area contributed by atoms with Gasteiger partial charge >= 0.3 is 12.2 Å². The largest absolute Gasteiger partial charge is 0.407 e. The molecule has 0 aliphatic carbocycles. The number of carbonyl (C=O) groups excluding carboxylic acids is 2. The third kappa shape index (κ3) is 4.68. The summed E-state index contributed by atoms with van der Waals surface area (Å²) >= 11 is 0. The fourth-order valence-electron chi connectivity index (χ4n) is 2.86. The van der Waals surface area contributed by atoms with E-state index in [9.17, 15) is 31.2 Å². The standard InChI is InChI=1S/C17H18F3N3O5S/c1-16(2)14(24)23(15(25)22(16)8-5-9-28-29(4,26)27)11-6-7-13(21-3)12(10-11)17(18,19)20/h6-7,10H,5,8-9H2,1-2,4H3. The van der Waals surface area contributed by atoms with Gasteiger partial charge in [0, 0.05) is 6.54 Å². The van der Waals surface area contributed by atoms with Gasteiger partial charge in [-0.05, 0) is 32.4 Å². The van der Waals surface area contributed by atoms with Gasteiger partial charge in [-0.25, -0.2) is 14.5 Å². The predicted molar refractivity (Wildman–Crippen MR) is 96.8 cm³/mol. The Labute approximate surface area is 165 Å². The van der Waals surface area contributed by atoms with Crippen LogP contribution >= 0.6 is 0 Å². The molecule has 29 heavy (non-hydrogen) atoms. The summed E-state index contributed by atoms with van der Waals surface area (Å²) in [5, 5.41) is 0. The first-order valence-electron chi connectivity index (χ1n) is 8.29. The summed E-state index contributed by atoms with van der Waals surface area (Å²) in [6.07, 6.45) is -3.87. The second-order valence-corrected chi connectivity index (χ2v) is 8.47. The van der Waals surface area contributed by atoms with Crippen LogP contribution in [0.4, 0.5) is 29.3 Å². The second-order valence-electron chi connectivity index (χ2n) is 6.82. The lowest BCUT2D eigenvalue weighted by Crippen LogP contribution is -2.44. The van der Waals surface area contributed by atoms with E-state index in [1.807, 2.05) is 0 Å². The van der Waals surface area contributed by atoms with E-state index in [2.05, 4.69) is 9.03 Å². The van der Waals surface area contributed by atoms with Crippen LogP contribution in [0.5, 0.6) is 0 Å². The zero-order valence-electron chi connectivity index (χ0n) is 15.8. The maximum atomic E-state index is 13.2. The summed E-state index contributed by atoms with van der Waals surface area (Å²) in [5.41, 5.74) is -3.56. The molecule has 0 aromatic heterocycles. The van der Waals surface area contributed by atoms with E-state index >= 15 is 0 Å². The number of hydrogen-bond acceptors (Lipinski definition) is 5. The molecule has 3 amide bonds. The molecule has 0 atom stereocenters. The summed E-state index contributed by atoms with van der Waals surface area (Å²) in [4.78, 5) is 30.1. The first-order chi connectivity index (χ1) is 13.2. The van der Waals surface area contributed by atoms with Crippen LogP contribution < -0.4 is 4.90 Å². The number of urea groups is 1. The molecule has 2 rings (SSSR count). The summed E-state index contributed by atoms with van der Waals surface area (Å²) in [7, 11) is -3.66. The third-order valence-corrected chi connectivity index (χ3v) is 4.91. The number of anilines is 1. The first kappa shape index (κ1) is 22.6. The molecule has 1 aromatic rings. The Kier molecular flexibility index (Phi) is 5.97. The fraction of sp³-hybridized carbons (Fsp3) is 0.471. The quantitative estimate of drug-likeness (QED) is 0.298. The normalized spacial score (nSPS) is 17.0. The van der Waals surface area contributed by atoms with Crippen LogP contribution in [-0.2, 0) is 25.3 Å². The predicted octanol–water partition coefficient (Wildman–Crippen LogP) is 3.17. The van der Waals surface area contributed by atoms with E-state index in [0.29, 0.717) is 11.0 Å². The highest BCUT2D eigenvalue weighted by molar-refractivity contribution is 7.85. The molecule has 1 fully saturated rings. The van der Waals surface area contributed by atoms with E-state index in [-0.39, 0.29) is 25.3 Å².